The Morgan fingerprint density at radius 1 is 0.688 bits per heavy atom. The molecule has 1 radical (unpaired) electrons. The fourth-order valence-electron chi connectivity index (χ4n) is 0.725. The second-order valence-electron chi connectivity index (χ2n) is 2.16. The van der Waals surface area contributed by atoms with Crippen LogP contribution < -0.4 is 0 Å². The molecule has 0 saturated heterocycles. The Kier molecular flexibility index (Phi) is 43.9. The average molecular weight is 254 g/mol. The van der Waals surface area contributed by atoms with Gasteiger partial charge in [-0.25, -0.2) is 12.2 Å². The molecule has 16 heavy (non-hydrogen) atoms. The van der Waals surface area contributed by atoms with Gasteiger partial charge in [0, 0.05) is 18.6 Å². The first-order valence-corrected chi connectivity index (χ1v) is 3.72. The van der Waals surface area contributed by atoms with Gasteiger partial charge in [0.05, 0.1) is 0 Å². The predicted molar refractivity (Wildman–Crippen MR) is 73.7 cm³/mol. The average Bonchev–Trinajstić information content (AvgIpc) is 2.64. The van der Waals surface area contributed by atoms with Crippen LogP contribution in [0.4, 0.5) is 0 Å². The Bertz CT molecular complexity index is 188. The van der Waals surface area contributed by atoms with Crippen LogP contribution in [0, 0.1) is 35.8 Å². The van der Waals surface area contributed by atoms with Crippen LogP contribution in [-0.4, -0.2) is 0 Å². The van der Waals surface area contributed by atoms with E-state index in [4.69, 9.17) is 0 Å². The molecule has 1 aromatic rings. The van der Waals surface area contributed by atoms with E-state index in [1.54, 1.807) is 0 Å². The van der Waals surface area contributed by atoms with E-state index in [2.05, 4.69) is 12.2 Å². The van der Waals surface area contributed by atoms with Gasteiger partial charge in [-0.3, -0.25) is 6.08 Å². The van der Waals surface area contributed by atoms with Gasteiger partial charge < -0.3 is 29.7 Å². The zero-order chi connectivity index (χ0) is 7.78. The molecule has 0 aromatic heterocycles. The molecule has 0 saturated carbocycles. The molecule has 0 amide bonds. The maximum Gasteiger partial charge on any atom is 0 e. The van der Waals surface area contributed by atoms with Crippen molar-refractivity contribution in [3.63, 3.8) is 0 Å². The summed E-state index contributed by atoms with van der Waals surface area (Å²) in [6.07, 6.45) is 10.0. The molecule has 1 heteroatoms. The molecule has 0 atom stereocenters. The van der Waals surface area contributed by atoms with E-state index in [1.807, 2.05) is 48.6 Å². The smallest absolute Gasteiger partial charge is 0 e. The van der Waals surface area contributed by atoms with E-state index in [1.165, 1.54) is 0 Å². The quantitative estimate of drug-likeness (QED) is 0.584. The predicted octanol–water partition coefficient (Wildman–Crippen LogP) is 4.79. The topological polar surface area (TPSA) is 0 Å². The SMILES string of the molecule is [C-]1=CC=CC1.[CH3-].[CH3-].[CH3-].[CH3-].[V].c1ccccc1. The maximum atomic E-state index is 2.99. The Balaban J connectivity index is -0.0000000387. The summed E-state index contributed by atoms with van der Waals surface area (Å²) in [4.78, 5) is 0. The van der Waals surface area contributed by atoms with Crippen molar-refractivity contribution in [1.82, 2.24) is 0 Å². The van der Waals surface area contributed by atoms with Gasteiger partial charge in [0.1, 0.15) is 0 Å². The van der Waals surface area contributed by atoms with E-state index in [9.17, 15) is 0 Å². The molecular weight excluding hydrogens is 231 g/mol. The summed E-state index contributed by atoms with van der Waals surface area (Å²) in [5.41, 5.74) is 0. The molecule has 93 valence electrons. The summed E-state index contributed by atoms with van der Waals surface area (Å²) in [7, 11) is 0. The second kappa shape index (κ2) is 23.8. The van der Waals surface area contributed by atoms with E-state index in [-0.39, 0.29) is 48.3 Å². The summed E-state index contributed by atoms with van der Waals surface area (Å²) in [6, 6.07) is 12.0. The normalized spacial score (nSPS) is 8.50. The minimum Gasteiger partial charge on any atom is -0.358 e. The molecule has 0 heterocycles. The van der Waals surface area contributed by atoms with Gasteiger partial charge in [0.2, 0.25) is 0 Å². The van der Waals surface area contributed by atoms with Crippen LogP contribution in [0.15, 0.2) is 54.6 Å². The number of hydrogen-bond donors (Lipinski definition) is 0. The maximum absolute atomic E-state index is 2.99. The second-order valence-corrected chi connectivity index (χ2v) is 2.16. The third-order valence-corrected chi connectivity index (χ3v) is 1.25. The van der Waals surface area contributed by atoms with Crippen molar-refractivity contribution in [2.24, 2.45) is 0 Å². The van der Waals surface area contributed by atoms with Gasteiger partial charge in [0.15, 0.2) is 0 Å². The molecular formula is C15H23V-5. The third-order valence-electron chi connectivity index (χ3n) is 1.25. The van der Waals surface area contributed by atoms with E-state index in [0.29, 0.717) is 0 Å². The molecule has 1 aromatic carbocycles. The molecule has 1 aliphatic carbocycles. The van der Waals surface area contributed by atoms with Gasteiger partial charge in [-0.05, 0) is 0 Å². The summed E-state index contributed by atoms with van der Waals surface area (Å²) in [5, 5.41) is 0. The van der Waals surface area contributed by atoms with Gasteiger partial charge in [-0.1, -0.05) is 36.4 Å². The van der Waals surface area contributed by atoms with Crippen molar-refractivity contribution < 1.29 is 18.6 Å². The van der Waals surface area contributed by atoms with Crippen LogP contribution in [0.25, 0.3) is 0 Å². The molecule has 1 aliphatic rings. The first kappa shape index (κ1) is 29.5. The van der Waals surface area contributed by atoms with Crippen molar-refractivity contribution in [3.05, 3.63) is 90.4 Å². The Hall–Kier alpha value is -0.716. The zero-order valence-electron chi connectivity index (χ0n) is 10.9. The summed E-state index contributed by atoms with van der Waals surface area (Å²) < 4.78 is 0. The largest absolute Gasteiger partial charge is 0.358 e. The molecule has 0 bridgehead atoms. The van der Waals surface area contributed by atoms with Crippen molar-refractivity contribution in [2.75, 3.05) is 0 Å². The van der Waals surface area contributed by atoms with Crippen molar-refractivity contribution in [3.8, 4) is 0 Å². The van der Waals surface area contributed by atoms with Gasteiger partial charge in [0.25, 0.3) is 0 Å². The van der Waals surface area contributed by atoms with Gasteiger partial charge in [-0.2, -0.15) is 6.08 Å². The standard InChI is InChI=1S/C6H6.C5H5.4CH3.V/c1-2-4-6-5-3-1;1-2-4-5-3-1;;;;;/h1-6H;1-3H,4H2;4*1H3;/q;5*-1;. The van der Waals surface area contributed by atoms with Gasteiger partial charge >= 0.3 is 0 Å². The molecule has 0 N–H and O–H groups in total. The Labute approximate surface area is 115 Å². The Morgan fingerprint density at radius 2 is 1.06 bits per heavy atom. The van der Waals surface area contributed by atoms with Crippen molar-refractivity contribution >= 4 is 0 Å². The van der Waals surface area contributed by atoms with Crippen molar-refractivity contribution in [2.45, 2.75) is 6.42 Å². The molecule has 0 spiro atoms. The number of hydrogen-bond acceptors (Lipinski definition) is 0. The van der Waals surface area contributed by atoms with Crippen LogP contribution in [0.2, 0.25) is 0 Å². The van der Waals surface area contributed by atoms with E-state index >= 15 is 0 Å². The monoisotopic (exact) mass is 254 g/mol. The molecule has 0 fully saturated rings. The summed E-state index contributed by atoms with van der Waals surface area (Å²) >= 11 is 0. The number of allylic oxidation sites excluding steroid dienone is 4. The Morgan fingerprint density at radius 3 is 1.19 bits per heavy atom. The van der Waals surface area contributed by atoms with Crippen LogP contribution in [-0.2, 0) is 18.6 Å². The van der Waals surface area contributed by atoms with E-state index in [0.717, 1.165) is 6.42 Å². The number of benzene rings is 1. The minimum absolute atomic E-state index is 0. The minimum atomic E-state index is 0. The fraction of sp³-hybridized carbons (Fsp3) is 0.0667. The molecule has 0 unspecified atom stereocenters. The molecule has 0 aliphatic heterocycles. The third kappa shape index (κ3) is 19.0. The zero-order valence-corrected chi connectivity index (χ0v) is 12.2. The fourth-order valence-corrected chi connectivity index (χ4v) is 0.725. The van der Waals surface area contributed by atoms with Crippen LogP contribution in [0.5, 0.6) is 0 Å². The summed E-state index contributed by atoms with van der Waals surface area (Å²) in [6.45, 7) is 0. The van der Waals surface area contributed by atoms with Crippen LogP contribution in [0.3, 0.4) is 0 Å². The first-order valence-electron chi connectivity index (χ1n) is 3.72. The summed E-state index contributed by atoms with van der Waals surface area (Å²) in [5.74, 6) is 0. The first-order chi connectivity index (χ1) is 5.50. The van der Waals surface area contributed by atoms with Crippen molar-refractivity contribution in [1.29, 1.82) is 0 Å². The molecule has 2 rings (SSSR count). The van der Waals surface area contributed by atoms with E-state index < -0.39 is 0 Å². The molecule has 0 nitrogen and oxygen atoms in total. The van der Waals surface area contributed by atoms with Crippen LogP contribution in [0.1, 0.15) is 6.42 Å². The van der Waals surface area contributed by atoms with Gasteiger partial charge in [-0.15, -0.1) is 6.42 Å². The number of rotatable bonds is 0. The van der Waals surface area contributed by atoms with Crippen LogP contribution >= 0.6 is 0 Å².